The molecule has 9 nitrogen and oxygen atoms in total. The highest BCUT2D eigenvalue weighted by Crippen LogP contribution is 2.46. The van der Waals surface area contributed by atoms with E-state index in [0.717, 1.165) is 23.3 Å². The van der Waals surface area contributed by atoms with Crippen molar-refractivity contribution in [3.63, 3.8) is 0 Å². The van der Waals surface area contributed by atoms with E-state index >= 15 is 4.79 Å². The first-order valence-corrected chi connectivity index (χ1v) is 17.2. The minimum atomic E-state index is -4.67. The number of amides is 2. The van der Waals surface area contributed by atoms with Crippen molar-refractivity contribution in [2.45, 2.75) is 56.2 Å². The first-order chi connectivity index (χ1) is 23.9. The van der Waals surface area contributed by atoms with Gasteiger partial charge in [0, 0.05) is 35.2 Å². The number of hydrogen-bond donors (Lipinski definition) is 3. The zero-order valence-electron chi connectivity index (χ0n) is 27.7. The number of halogens is 5. The lowest BCUT2D eigenvalue weighted by atomic mass is 9.93. The number of piperidine rings is 1. The van der Waals surface area contributed by atoms with Gasteiger partial charge in [0.1, 0.15) is 12.3 Å². The third kappa shape index (κ3) is 8.19. The molecular weight excluding hydrogens is 692 g/mol. The molecule has 0 spiro atoms. The summed E-state index contributed by atoms with van der Waals surface area (Å²) in [6, 6.07) is 17.7. The Hall–Kier alpha value is -3.86. The van der Waals surface area contributed by atoms with Crippen molar-refractivity contribution in [2.75, 3.05) is 39.8 Å². The van der Waals surface area contributed by atoms with Crippen LogP contribution in [0.3, 0.4) is 0 Å². The van der Waals surface area contributed by atoms with Gasteiger partial charge in [0.05, 0.1) is 36.7 Å². The summed E-state index contributed by atoms with van der Waals surface area (Å²) in [5, 5.41) is 20.4. The van der Waals surface area contributed by atoms with Gasteiger partial charge in [-0.1, -0.05) is 53.5 Å². The van der Waals surface area contributed by atoms with Crippen LogP contribution in [0.4, 0.5) is 13.2 Å². The van der Waals surface area contributed by atoms with Crippen LogP contribution in [0, 0.1) is 11.3 Å². The Bertz CT molecular complexity index is 1640. The number of carbonyl (C=O) groups is 2. The fraction of sp³-hybridized carbons (Fsp3) is 0.417. The average Bonchev–Trinajstić information content (AvgIpc) is 3.51. The Kier molecular flexibility index (Phi) is 12.0. The molecule has 3 aromatic carbocycles. The molecule has 0 radical (unpaired) electrons. The third-order valence-electron chi connectivity index (χ3n) is 9.17. The first-order valence-electron chi connectivity index (χ1n) is 16.4. The predicted octanol–water partition coefficient (Wildman–Crippen LogP) is 6.19. The SMILES string of the molecule is CCOc1cc(C(F)(F)F)ccc1C1(C(=O)N(CC(=O)N(C)CCC#N)C2CCNCC2)NC(c2ccc(Cl)cc2)C(c2ccc(Cl)cc2)N1. The summed E-state index contributed by atoms with van der Waals surface area (Å²) in [6.07, 6.45) is -3.46. The molecule has 2 amide bonds. The number of nitriles is 1. The second-order valence-electron chi connectivity index (χ2n) is 12.4. The minimum absolute atomic E-state index is 0.0278. The molecule has 2 atom stereocenters. The largest absolute Gasteiger partial charge is 0.493 e. The van der Waals surface area contributed by atoms with E-state index in [1.807, 2.05) is 30.3 Å². The van der Waals surface area contributed by atoms with Crippen LogP contribution in [-0.2, 0) is 21.4 Å². The molecule has 266 valence electrons. The number of benzene rings is 3. The maximum absolute atomic E-state index is 15.5. The normalized spacial score (nSPS) is 21.0. The smallest absolute Gasteiger partial charge is 0.416 e. The Balaban J connectivity index is 1.72. The van der Waals surface area contributed by atoms with E-state index in [4.69, 9.17) is 33.2 Å². The van der Waals surface area contributed by atoms with Gasteiger partial charge in [-0.05, 0) is 80.4 Å². The van der Waals surface area contributed by atoms with E-state index in [1.54, 1.807) is 38.2 Å². The number of ether oxygens (including phenoxy) is 1. The van der Waals surface area contributed by atoms with E-state index in [-0.39, 0.29) is 49.4 Å². The van der Waals surface area contributed by atoms with E-state index in [2.05, 4.69) is 16.0 Å². The molecule has 2 fully saturated rings. The quantitative estimate of drug-likeness (QED) is 0.216. The molecule has 50 heavy (non-hydrogen) atoms. The van der Waals surface area contributed by atoms with Crippen LogP contribution in [0.15, 0.2) is 66.7 Å². The van der Waals surface area contributed by atoms with Crippen LogP contribution in [0.2, 0.25) is 10.0 Å². The van der Waals surface area contributed by atoms with Crippen molar-refractivity contribution in [3.05, 3.63) is 99.0 Å². The van der Waals surface area contributed by atoms with E-state index in [1.165, 1.54) is 15.9 Å². The van der Waals surface area contributed by atoms with Crippen LogP contribution in [0.1, 0.15) is 60.5 Å². The monoisotopic (exact) mass is 730 g/mol. The van der Waals surface area contributed by atoms with Gasteiger partial charge in [-0.2, -0.15) is 18.4 Å². The van der Waals surface area contributed by atoms with Gasteiger partial charge in [0.2, 0.25) is 5.91 Å². The highest BCUT2D eigenvalue weighted by molar-refractivity contribution is 6.30. The van der Waals surface area contributed by atoms with Gasteiger partial charge in [-0.15, -0.1) is 0 Å². The van der Waals surface area contributed by atoms with E-state index < -0.39 is 35.4 Å². The second-order valence-corrected chi connectivity index (χ2v) is 13.2. The summed E-state index contributed by atoms with van der Waals surface area (Å²) >= 11 is 12.5. The minimum Gasteiger partial charge on any atom is -0.493 e. The zero-order valence-corrected chi connectivity index (χ0v) is 29.2. The van der Waals surface area contributed by atoms with Gasteiger partial charge >= 0.3 is 6.18 Å². The van der Waals surface area contributed by atoms with Crippen molar-refractivity contribution < 1.29 is 27.5 Å². The molecule has 3 N–H and O–H groups in total. The van der Waals surface area contributed by atoms with Gasteiger partial charge in [-0.25, -0.2) is 0 Å². The van der Waals surface area contributed by atoms with E-state index in [0.29, 0.717) is 36.0 Å². The maximum Gasteiger partial charge on any atom is 0.416 e. The Morgan fingerprint density at radius 3 is 2.02 bits per heavy atom. The Morgan fingerprint density at radius 1 is 0.960 bits per heavy atom. The number of nitrogens with zero attached hydrogens (tertiary/aromatic N) is 3. The molecule has 14 heteroatoms. The zero-order chi connectivity index (χ0) is 36.1. The molecule has 2 aliphatic rings. The molecule has 2 aliphatic heterocycles. The van der Waals surface area contributed by atoms with Crippen LogP contribution >= 0.6 is 23.2 Å². The summed E-state index contributed by atoms with van der Waals surface area (Å²) in [4.78, 5) is 32.0. The fourth-order valence-corrected chi connectivity index (χ4v) is 6.81. The van der Waals surface area contributed by atoms with Gasteiger partial charge in [0.25, 0.3) is 5.91 Å². The third-order valence-corrected chi connectivity index (χ3v) is 9.67. The Morgan fingerprint density at radius 2 is 1.52 bits per heavy atom. The number of likely N-dealkylation sites (N-methyl/N-ethyl adjacent to an activating group) is 1. The van der Waals surface area contributed by atoms with Crippen LogP contribution in [-0.4, -0.2) is 67.5 Å². The number of carbonyl (C=O) groups excluding carboxylic acids is 2. The van der Waals surface area contributed by atoms with Crippen LogP contribution < -0.4 is 20.7 Å². The standard InChI is InChI=1S/C36H39Cl2F3N6O3/c1-3-50-30-21-25(36(39,40)41)9-14-29(30)35(34(49)47(28-15-18-43-19-16-28)22-31(48)46(2)20-4-17-42)44-32(23-5-10-26(37)11-6-23)33(45-35)24-7-12-27(38)13-8-24/h5-14,21,28,32-33,43-45H,3-4,15-16,18-20,22H2,1-2H3. The van der Waals surface area contributed by atoms with Crippen LogP contribution in [0.5, 0.6) is 5.75 Å². The van der Waals surface area contributed by atoms with Gasteiger partial charge < -0.3 is 19.9 Å². The van der Waals surface area contributed by atoms with Crippen molar-refractivity contribution in [1.82, 2.24) is 25.8 Å². The van der Waals surface area contributed by atoms with Crippen molar-refractivity contribution in [1.29, 1.82) is 5.26 Å². The molecule has 3 aromatic rings. The van der Waals surface area contributed by atoms with Gasteiger partial charge in [0.15, 0.2) is 5.66 Å². The number of nitrogens with one attached hydrogen (secondary N) is 3. The number of rotatable bonds is 11. The molecule has 2 saturated heterocycles. The summed E-state index contributed by atoms with van der Waals surface area (Å²) in [6.45, 7) is 2.75. The average molecular weight is 732 g/mol. The van der Waals surface area contributed by atoms with Crippen molar-refractivity contribution in [2.24, 2.45) is 0 Å². The fourth-order valence-electron chi connectivity index (χ4n) is 6.55. The van der Waals surface area contributed by atoms with Crippen molar-refractivity contribution >= 4 is 35.0 Å². The molecule has 0 aliphatic carbocycles. The molecule has 2 heterocycles. The summed E-state index contributed by atoms with van der Waals surface area (Å²) in [5.74, 6) is -1.06. The van der Waals surface area contributed by atoms with E-state index in [9.17, 15) is 18.0 Å². The predicted molar refractivity (Wildman–Crippen MR) is 184 cm³/mol. The lowest BCUT2D eigenvalue weighted by molar-refractivity contribution is -0.148. The highest BCUT2D eigenvalue weighted by Gasteiger charge is 2.55. The molecule has 2 unspecified atom stereocenters. The molecule has 0 saturated carbocycles. The van der Waals surface area contributed by atoms with Gasteiger partial charge in [-0.3, -0.25) is 20.2 Å². The van der Waals surface area contributed by atoms with Crippen LogP contribution in [0.25, 0.3) is 0 Å². The Labute approximate surface area is 299 Å². The molecular formula is C36H39Cl2F3N6O3. The highest BCUT2D eigenvalue weighted by atomic mass is 35.5. The molecule has 0 bridgehead atoms. The number of alkyl halides is 3. The molecule has 5 rings (SSSR count). The topological polar surface area (TPSA) is 110 Å². The lowest BCUT2D eigenvalue weighted by Crippen LogP contribution is -2.63. The summed E-state index contributed by atoms with van der Waals surface area (Å²) in [5.41, 5.74) is -1.17. The summed E-state index contributed by atoms with van der Waals surface area (Å²) < 4.78 is 48.0. The first kappa shape index (κ1) is 37.4. The number of hydrogen-bond acceptors (Lipinski definition) is 7. The van der Waals surface area contributed by atoms with Crippen molar-refractivity contribution in [3.8, 4) is 11.8 Å². The maximum atomic E-state index is 15.5. The molecule has 0 aromatic heterocycles. The second kappa shape index (κ2) is 16.0. The lowest BCUT2D eigenvalue weighted by Gasteiger charge is -2.41. The summed E-state index contributed by atoms with van der Waals surface area (Å²) in [7, 11) is 1.57.